The maximum absolute atomic E-state index is 12.2. The summed E-state index contributed by atoms with van der Waals surface area (Å²) in [6, 6.07) is 5.45. The lowest BCUT2D eigenvalue weighted by atomic mass is 10.1. The number of anilines is 2. The third-order valence-electron chi connectivity index (χ3n) is 3.55. The highest BCUT2D eigenvalue weighted by molar-refractivity contribution is 7.13. The van der Waals surface area contributed by atoms with Gasteiger partial charge in [-0.15, -0.1) is 10.2 Å². The molecule has 0 aliphatic carbocycles. The van der Waals surface area contributed by atoms with Crippen LogP contribution in [0.2, 0.25) is 5.02 Å². The van der Waals surface area contributed by atoms with Crippen molar-refractivity contribution in [3.8, 4) is 0 Å². The Hall–Kier alpha value is -1.99. The number of halogens is 1. The number of aromatic nitrogens is 2. The van der Waals surface area contributed by atoms with Gasteiger partial charge in [-0.25, -0.2) is 0 Å². The first-order valence-corrected chi connectivity index (χ1v) is 7.94. The van der Waals surface area contributed by atoms with E-state index < -0.39 is 5.92 Å². The summed E-state index contributed by atoms with van der Waals surface area (Å²) in [4.78, 5) is 25.9. The van der Waals surface area contributed by atoms with E-state index in [1.807, 2.05) is 19.1 Å². The SMILES string of the molecule is Cc1ccc(N2CC(C(=O)Nc3nncs3)CC2=O)cc1Cl. The number of rotatable bonds is 3. The second-order valence-electron chi connectivity index (χ2n) is 5.07. The van der Waals surface area contributed by atoms with Gasteiger partial charge in [0.25, 0.3) is 0 Å². The number of benzene rings is 1. The summed E-state index contributed by atoms with van der Waals surface area (Å²) >= 11 is 7.34. The highest BCUT2D eigenvalue weighted by Gasteiger charge is 2.35. The molecule has 1 aromatic carbocycles. The number of carbonyl (C=O) groups excluding carboxylic acids is 2. The lowest BCUT2D eigenvalue weighted by Crippen LogP contribution is -2.28. The maximum Gasteiger partial charge on any atom is 0.231 e. The van der Waals surface area contributed by atoms with Crippen molar-refractivity contribution in [1.29, 1.82) is 0 Å². The standard InChI is InChI=1S/C14H13ClN4O2S/c1-8-2-3-10(5-11(8)15)19-6-9(4-12(19)20)13(21)17-14-18-16-7-22-14/h2-3,5,7,9H,4,6H2,1H3,(H,17,18,21). The zero-order valence-corrected chi connectivity index (χ0v) is 13.3. The van der Waals surface area contributed by atoms with Crippen LogP contribution in [0, 0.1) is 12.8 Å². The van der Waals surface area contributed by atoms with Crippen LogP contribution in [0.1, 0.15) is 12.0 Å². The van der Waals surface area contributed by atoms with Gasteiger partial charge < -0.3 is 10.2 Å². The summed E-state index contributed by atoms with van der Waals surface area (Å²) in [6.07, 6.45) is 0.177. The van der Waals surface area contributed by atoms with Gasteiger partial charge in [0.05, 0.1) is 5.92 Å². The average molecular weight is 337 g/mol. The van der Waals surface area contributed by atoms with Crippen LogP contribution in [-0.2, 0) is 9.59 Å². The van der Waals surface area contributed by atoms with Crippen LogP contribution in [0.25, 0.3) is 0 Å². The van der Waals surface area contributed by atoms with Crippen molar-refractivity contribution in [2.24, 2.45) is 5.92 Å². The van der Waals surface area contributed by atoms with Gasteiger partial charge in [0.15, 0.2) is 0 Å². The third kappa shape index (κ3) is 2.95. The van der Waals surface area contributed by atoms with Gasteiger partial charge in [-0.2, -0.15) is 0 Å². The minimum atomic E-state index is -0.406. The molecule has 114 valence electrons. The Morgan fingerprint density at radius 2 is 2.32 bits per heavy atom. The van der Waals surface area contributed by atoms with Gasteiger partial charge in [0, 0.05) is 23.7 Å². The Morgan fingerprint density at radius 3 is 3.00 bits per heavy atom. The largest absolute Gasteiger partial charge is 0.312 e. The molecule has 2 heterocycles. The van der Waals surface area contributed by atoms with E-state index in [1.54, 1.807) is 11.0 Å². The van der Waals surface area contributed by atoms with E-state index in [2.05, 4.69) is 15.5 Å². The highest BCUT2D eigenvalue weighted by Crippen LogP contribution is 2.29. The molecule has 0 bridgehead atoms. The van der Waals surface area contributed by atoms with Gasteiger partial charge >= 0.3 is 0 Å². The Bertz CT molecular complexity index is 720. The molecule has 8 heteroatoms. The molecule has 1 atom stereocenters. The van der Waals surface area contributed by atoms with Crippen LogP contribution in [0.15, 0.2) is 23.7 Å². The fraction of sp³-hybridized carbons (Fsp3) is 0.286. The zero-order chi connectivity index (χ0) is 15.7. The highest BCUT2D eigenvalue weighted by atomic mass is 35.5. The van der Waals surface area contributed by atoms with E-state index in [0.29, 0.717) is 22.4 Å². The van der Waals surface area contributed by atoms with Crippen molar-refractivity contribution in [2.75, 3.05) is 16.8 Å². The molecule has 2 aromatic rings. The van der Waals surface area contributed by atoms with Crippen LogP contribution in [0.5, 0.6) is 0 Å². The summed E-state index contributed by atoms with van der Waals surface area (Å²) in [6.45, 7) is 2.24. The number of hydrogen-bond acceptors (Lipinski definition) is 5. The lowest BCUT2D eigenvalue weighted by Gasteiger charge is -2.17. The summed E-state index contributed by atoms with van der Waals surface area (Å²) < 4.78 is 0. The average Bonchev–Trinajstić information content (AvgIpc) is 3.11. The first-order valence-electron chi connectivity index (χ1n) is 6.68. The molecule has 1 saturated heterocycles. The number of amides is 2. The molecule has 1 aromatic heterocycles. The van der Waals surface area contributed by atoms with Crippen molar-refractivity contribution >= 4 is 45.6 Å². The maximum atomic E-state index is 12.2. The molecule has 2 amide bonds. The summed E-state index contributed by atoms with van der Waals surface area (Å²) in [7, 11) is 0. The van der Waals surface area contributed by atoms with Crippen LogP contribution < -0.4 is 10.2 Å². The van der Waals surface area contributed by atoms with E-state index in [4.69, 9.17) is 11.6 Å². The van der Waals surface area contributed by atoms with Crippen molar-refractivity contribution in [3.63, 3.8) is 0 Å². The zero-order valence-electron chi connectivity index (χ0n) is 11.7. The molecule has 6 nitrogen and oxygen atoms in total. The predicted molar refractivity (Wildman–Crippen MR) is 85.2 cm³/mol. The molecule has 3 rings (SSSR count). The smallest absolute Gasteiger partial charge is 0.231 e. The predicted octanol–water partition coefficient (Wildman–Crippen LogP) is 2.49. The molecule has 1 aliphatic rings. The first kappa shape index (κ1) is 14.9. The second kappa shape index (κ2) is 6.02. The quantitative estimate of drug-likeness (QED) is 0.934. The molecule has 22 heavy (non-hydrogen) atoms. The van der Waals surface area contributed by atoms with E-state index >= 15 is 0 Å². The summed E-state index contributed by atoms with van der Waals surface area (Å²) in [5, 5.41) is 11.1. The van der Waals surface area contributed by atoms with Crippen molar-refractivity contribution in [2.45, 2.75) is 13.3 Å². The minimum absolute atomic E-state index is 0.0858. The molecular formula is C14H13ClN4O2S. The summed E-state index contributed by atoms with van der Waals surface area (Å²) in [5.74, 6) is -0.709. The van der Waals surface area contributed by atoms with E-state index in [0.717, 1.165) is 5.56 Å². The molecule has 1 fully saturated rings. The Balaban J connectivity index is 1.72. The molecule has 0 saturated carbocycles. The number of nitrogens with zero attached hydrogens (tertiary/aromatic N) is 3. The van der Waals surface area contributed by atoms with Crippen molar-refractivity contribution < 1.29 is 9.59 Å². The van der Waals surface area contributed by atoms with Crippen LogP contribution in [0.4, 0.5) is 10.8 Å². The molecule has 1 unspecified atom stereocenters. The number of aryl methyl sites for hydroxylation is 1. The van der Waals surface area contributed by atoms with Gasteiger partial charge in [0.2, 0.25) is 16.9 Å². The van der Waals surface area contributed by atoms with Gasteiger partial charge in [-0.1, -0.05) is 29.0 Å². The van der Waals surface area contributed by atoms with Crippen LogP contribution in [-0.4, -0.2) is 28.6 Å². The summed E-state index contributed by atoms with van der Waals surface area (Å²) in [5.41, 5.74) is 3.20. The van der Waals surface area contributed by atoms with Crippen molar-refractivity contribution in [3.05, 3.63) is 34.3 Å². The van der Waals surface area contributed by atoms with Gasteiger partial charge in [-0.3, -0.25) is 9.59 Å². The Morgan fingerprint density at radius 1 is 1.50 bits per heavy atom. The molecule has 1 aliphatic heterocycles. The Kier molecular flexibility index (Phi) is 4.08. The van der Waals surface area contributed by atoms with Crippen molar-refractivity contribution in [1.82, 2.24) is 10.2 Å². The molecule has 0 spiro atoms. The number of nitrogens with one attached hydrogen (secondary N) is 1. The minimum Gasteiger partial charge on any atom is -0.312 e. The molecule has 0 radical (unpaired) electrons. The Labute approximate surface area is 136 Å². The fourth-order valence-corrected chi connectivity index (χ4v) is 2.94. The topological polar surface area (TPSA) is 75.2 Å². The van der Waals surface area contributed by atoms with Crippen LogP contribution >= 0.6 is 22.9 Å². The van der Waals surface area contributed by atoms with E-state index in [-0.39, 0.29) is 18.2 Å². The van der Waals surface area contributed by atoms with Gasteiger partial charge in [0.1, 0.15) is 5.51 Å². The van der Waals surface area contributed by atoms with Gasteiger partial charge in [-0.05, 0) is 24.6 Å². The first-order chi connectivity index (χ1) is 10.5. The molecular weight excluding hydrogens is 324 g/mol. The van der Waals surface area contributed by atoms with E-state index in [1.165, 1.54) is 16.8 Å². The normalized spacial score (nSPS) is 17.8. The van der Waals surface area contributed by atoms with E-state index in [9.17, 15) is 9.59 Å². The van der Waals surface area contributed by atoms with Crippen LogP contribution in [0.3, 0.4) is 0 Å². The monoisotopic (exact) mass is 336 g/mol. The fourth-order valence-electron chi connectivity index (χ4n) is 2.32. The second-order valence-corrected chi connectivity index (χ2v) is 6.31. The number of carbonyl (C=O) groups is 2. The third-order valence-corrected chi connectivity index (χ3v) is 4.57. The molecule has 1 N–H and O–H groups in total. The lowest BCUT2D eigenvalue weighted by molar-refractivity contribution is -0.122. The number of hydrogen-bond donors (Lipinski definition) is 1.